The molecule has 1 fully saturated rings. The van der Waals surface area contributed by atoms with Gasteiger partial charge in [0.15, 0.2) is 0 Å². The monoisotopic (exact) mass is 279 g/mol. The van der Waals surface area contributed by atoms with Gasteiger partial charge in [0, 0.05) is 16.5 Å². The highest BCUT2D eigenvalue weighted by molar-refractivity contribution is 7.94. The fraction of sp³-hybridized carbons (Fsp3) is 0.467. The molecule has 0 N–H and O–H groups in total. The van der Waals surface area contributed by atoms with Crippen LogP contribution in [0, 0.1) is 5.82 Å². The number of fused-ring (bicyclic) bond motifs is 1. The molecular formula is C15H18FNOS. The molecule has 19 heavy (non-hydrogen) atoms. The van der Waals surface area contributed by atoms with Gasteiger partial charge in [-0.15, -0.1) is 0 Å². The summed E-state index contributed by atoms with van der Waals surface area (Å²) in [5.74, 6) is -0.107. The number of hydrogen-bond acceptors (Lipinski definition) is 2. The topological polar surface area (TPSA) is 29.4 Å². The van der Waals surface area contributed by atoms with Crippen molar-refractivity contribution in [3.05, 3.63) is 34.8 Å². The van der Waals surface area contributed by atoms with Crippen molar-refractivity contribution in [2.45, 2.75) is 49.7 Å². The molecule has 2 nitrogen and oxygen atoms in total. The lowest BCUT2D eigenvalue weighted by Gasteiger charge is -2.20. The third kappa shape index (κ3) is 1.93. The van der Waals surface area contributed by atoms with Crippen LogP contribution in [0.2, 0.25) is 0 Å². The fourth-order valence-electron chi connectivity index (χ4n) is 2.57. The summed E-state index contributed by atoms with van der Waals surface area (Å²) in [7, 11) is -2.45. The van der Waals surface area contributed by atoms with Crippen LogP contribution in [0.15, 0.2) is 27.1 Å². The zero-order chi connectivity index (χ0) is 13.8. The quantitative estimate of drug-likeness (QED) is 0.793. The standard InChI is InChI=1S/C15H18FNOS/c1-9(2)12-6-7-14-13(15(12)16)8-10(3)17-19(14,18)11-4-5-11/h6-9,11H,4-5H2,1-3H3. The number of rotatable bonds is 2. The molecule has 1 aliphatic heterocycles. The normalized spacial score (nSPS) is 25.8. The van der Waals surface area contributed by atoms with E-state index in [-0.39, 0.29) is 17.0 Å². The molecule has 0 bridgehead atoms. The molecule has 0 aromatic heterocycles. The maximum Gasteiger partial charge on any atom is 0.135 e. The fourth-order valence-corrected chi connectivity index (χ4v) is 5.16. The van der Waals surface area contributed by atoms with Gasteiger partial charge in [0.25, 0.3) is 0 Å². The molecule has 4 heteroatoms. The van der Waals surface area contributed by atoms with Crippen LogP contribution in [0.5, 0.6) is 0 Å². The lowest BCUT2D eigenvalue weighted by molar-refractivity contribution is 0.589. The Bertz CT molecular complexity index is 692. The zero-order valence-corrected chi connectivity index (χ0v) is 12.3. The molecule has 0 spiro atoms. The van der Waals surface area contributed by atoms with Crippen LogP contribution in [0.3, 0.4) is 0 Å². The van der Waals surface area contributed by atoms with Gasteiger partial charge >= 0.3 is 0 Å². The van der Waals surface area contributed by atoms with Gasteiger partial charge in [-0.25, -0.2) is 8.60 Å². The molecule has 1 saturated carbocycles. The number of benzene rings is 1. The lowest BCUT2D eigenvalue weighted by atomic mass is 9.99. The number of allylic oxidation sites excluding steroid dienone is 1. The number of halogens is 1. The van der Waals surface area contributed by atoms with Gasteiger partial charge in [0.2, 0.25) is 0 Å². The first-order chi connectivity index (χ1) is 8.93. The highest BCUT2D eigenvalue weighted by Gasteiger charge is 2.38. The minimum atomic E-state index is -2.45. The Morgan fingerprint density at radius 3 is 2.63 bits per heavy atom. The van der Waals surface area contributed by atoms with E-state index in [0.717, 1.165) is 12.8 Å². The van der Waals surface area contributed by atoms with Crippen molar-refractivity contribution < 1.29 is 8.60 Å². The summed E-state index contributed by atoms with van der Waals surface area (Å²) in [6, 6.07) is 3.59. The number of nitrogens with zero attached hydrogens (tertiary/aromatic N) is 1. The van der Waals surface area contributed by atoms with E-state index >= 15 is 0 Å². The van der Waals surface area contributed by atoms with Crippen LogP contribution in [-0.4, -0.2) is 9.46 Å². The Hall–Kier alpha value is -1.16. The maximum atomic E-state index is 14.6. The second-order valence-corrected chi connectivity index (χ2v) is 8.11. The molecule has 0 amide bonds. The second-order valence-electron chi connectivity index (χ2n) is 5.68. The van der Waals surface area contributed by atoms with E-state index < -0.39 is 9.73 Å². The molecular weight excluding hydrogens is 261 g/mol. The molecule has 1 heterocycles. The van der Waals surface area contributed by atoms with Crippen LogP contribution in [-0.2, 0) is 9.73 Å². The van der Waals surface area contributed by atoms with Crippen molar-refractivity contribution >= 4 is 15.8 Å². The summed E-state index contributed by atoms with van der Waals surface area (Å²) >= 11 is 0. The van der Waals surface area contributed by atoms with Gasteiger partial charge in [-0.05, 0) is 43.4 Å². The lowest BCUT2D eigenvalue weighted by Crippen LogP contribution is -2.14. The molecule has 1 atom stereocenters. The van der Waals surface area contributed by atoms with Crippen molar-refractivity contribution in [3.8, 4) is 0 Å². The number of hydrogen-bond donors (Lipinski definition) is 0. The minimum absolute atomic E-state index is 0.110. The summed E-state index contributed by atoms with van der Waals surface area (Å²) in [4.78, 5) is 0.600. The van der Waals surface area contributed by atoms with Gasteiger partial charge in [-0.2, -0.15) is 4.36 Å². The highest BCUT2D eigenvalue weighted by Crippen LogP contribution is 2.42. The molecule has 0 radical (unpaired) electrons. The van der Waals surface area contributed by atoms with Gasteiger partial charge in [0.05, 0.1) is 14.6 Å². The first-order valence-electron chi connectivity index (χ1n) is 6.70. The molecule has 1 unspecified atom stereocenters. The first-order valence-corrected chi connectivity index (χ1v) is 8.28. The molecule has 2 aliphatic rings. The largest absolute Gasteiger partial charge is 0.244 e. The van der Waals surface area contributed by atoms with Gasteiger partial charge in [0.1, 0.15) is 5.82 Å². The molecule has 1 aliphatic carbocycles. The Labute approximate surface area is 113 Å². The van der Waals surface area contributed by atoms with Crippen LogP contribution >= 0.6 is 0 Å². The summed E-state index contributed by atoms with van der Waals surface area (Å²) in [6.07, 6.45) is 3.59. The van der Waals surface area contributed by atoms with Crippen LogP contribution in [0.4, 0.5) is 4.39 Å². The molecule has 102 valence electrons. The van der Waals surface area contributed by atoms with E-state index in [0.29, 0.717) is 21.7 Å². The zero-order valence-electron chi connectivity index (χ0n) is 11.4. The predicted molar refractivity (Wildman–Crippen MR) is 76.0 cm³/mol. The molecule has 0 saturated heterocycles. The molecule has 3 rings (SSSR count). The summed E-state index contributed by atoms with van der Waals surface area (Å²) in [6.45, 7) is 5.73. The average Bonchev–Trinajstić information content (AvgIpc) is 3.14. The van der Waals surface area contributed by atoms with Crippen LogP contribution in [0.25, 0.3) is 6.08 Å². The van der Waals surface area contributed by atoms with Crippen molar-refractivity contribution in [2.75, 3.05) is 0 Å². The Morgan fingerprint density at radius 1 is 1.37 bits per heavy atom. The Morgan fingerprint density at radius 2 is 2.05 bits per heavy atom. The van der Waals surface area contributed by atoms with Crippen LogP contribution < -0.4 is 0 Å². The average molecular weight is 279 g/mol. The second kappa shape index (κ2) is 4.17. The third-order valence-corrected chi connectivity index (χ3v) is 6.64. The van der Waals surface area contributed by atoms with Crippen molar-refractivity contribution in [3.63, 3.8) is 0 Å². The Balaban J connectivity index is 2.29. The van der Waals surface area contributed by atoms with Gasteiger partial charge < -0.3 is 0 Å². The van der Waals surface area contributed by atoms with E-state index in [4.69, 9.17) is 0 Å². The van der Waals surface area contributed by atoms with Crippen LogP contribution in [0.1, 0.15) is 50.7 Å². The molecule has 1 aromatic rings. The van der Waals surface area contributed by atoms with Gasteiger partial charge in [-0.3, -0.25) is 0 Å². The van der Waals surface area contributed by atoms with Crippen molar-refractivity contribution in [1.82, 2.24) is 0 Å². The van der Waals surface area contributed by atoms with E-state index in [1.54, 1.807) is 19.1 Å². The predicted octanol–water partition coefficient (Wildman–Crippen LogP) is 4.31. The molecule has 1 aromatic carbocycles. The SMILES string of the molecule is CC1=Cc2c(ccc(C(C)C)c2F)S(=O)(C2CC2)=N1. The van der Waals surface area contributed by atoms with E-state index in [1.165, 1.54) is 0 Å². The smallest absolute Gasteiger partial charge is 0.135 e. The van der Waals surface area contributed by atoms with E-state index in [9.17, 15) is 8.60 Å². The first kappa shape index (κ1) is 12.9. The highest BCUT2D eigenvalue weighted by atomic mass is 32.2. The van der Waals surface area contributed by atoms with E-state index in [2.05, 4.69) is 4.36 Å². The summed E-state index contributed by atoms with van der Waals surface area (Å²) in [5.41, 5.74) is 1.85. The summed E-state index contributed by atoms with van der Waals surface area (Å²) in [5, 5.41) is 0.110. The summed E-state index contributed by atoms with van der Waals surface area (Å²) < 4.78 is 32.0. The van der Waals surface area contributed by atoms with Gasteiger partial charge in [-0.1, -0.05) is 19.9 Å². The van der Waals surface area contributed by atoms with E-state index in [1.807, 2.05) is 19.9 Å². The maximum absolute atomic E-state index is 14.6. The van der Waals surface area contributed by atoms with Crippen molar-refractivity contribution in [1.29, 1.82) is 0 Å². The third-order valence-electron chi connectivity index (χ3n) is 3.72. The minimum Gasteiger partial charge on any atom is -0.244 e. The Kier molecular flexibility index (Phi) is 2.82. The van der Waals surface area contributed by atoms with Crippen molar-refractivity contribution in [2.24, 2.45) is 4.36 Å².